The zero-order chi connectivity index (χ0) is 26.7. The molecule has 2 nitrogen and oxygen atoms in total. The second kappa shape index (κ2) is 19.6. The molecule has 0 fully saturated rings. The lowest BCUT2D eigenvalue weighted by molar-refractivity contribution is 0.467. The first-order valence-electron chi connectivity index (χ1n) is 15.6. The monoisotopic (exact) mass is 552 g/mol. The van der Waals surface area contributed by atoms with Crippen LogP contribution >= 0.6 is 11.8 Å². The maximum atomic E-state index is 6.94. The molecule has 0 aromatic heterocycles. The molecule has 1 aromatic carbocycles. The smallest absolute Gasteiger partial charge is 0.250 e. The minimum absolute atomic E-state index is 1.02. The maximum Gasteiger partial charge on any atom is 0.250 e. The molecular formula is C31H60O2SSi2. The van der Waals surface area contributed by atoms with Gasteiger partial charge in [-0.15, -0.1) is 0 Å². The summed E-state index contributed by atoms with van der Waals surface area (Å²) in [5, 5.41) is 0. The van der Waals surface area contributed by atoms with Crippen LogP contribution in [0.15, 0.2) is 18.2 Å². The molecule has 0 saturated carbocycles. The summed E-state index contributed by atoms with van der Waals surface area (Å²) in [6.45, 7) is 16.2. The highest BCUT2D eigenvalue weighted by Crippen LogP contribution is 2.37. The zero-order valence-corrected chi connectivity index (χ0v) is 28.0. The Morgan fingerprint density at radius 2 is 1.03 bits per heavy atom. The van der Waals surface area contributed by atoms with E-state index in [9.17, 15) is 0 Å². The molecule has 0 heterocycles. The molecule has 0 atom stereocenters. The van der Waals surface area contributed by atoms with Gasteiger partial charge in [-0.25, -0.2) is 0 Å². The largest absolute Gasteiger partial charge is 0.541 e. The summed E-state index contributed by atoms with van der Waals surface area (Å²) in [6.07, 6.45) is 13.7. The molecule has 5 heteroatoms. The van der Waals surface area contributed by atoms with Crippen molar-refractivity contribution in [1.29, 1.82) is 0 Å². The van der Waals surface area contributed by atoms with Crippen LogP contribution < -0.4 is 8.85 Å². The highest BCUT2D eigenvalue weighted by atomic mass is 32.2. The number of thioether (sulfide) groups is 1. The summed E-state index contributed by atoms with van der Waals surface area (Å²) < 4.78 is 13.8. The van der Waals surface area contributed by atoms with Crippen LogP contribution in [0.4, 0.5) is 0 Å². The molecule has 0 aliphatic heterocycles. The number of unbranched alkanes of at least 4 members (excludes halogenated alkanes) is 7. The van der Waals surface area contributed by atoms with Gasteiger partial charge in [0.05, 0.1) is 0 Å². The molecule has 0 bridgehead atoms. The Hall–Kier alpha value is -0.396. The molecular weight excluding hydrogens is 493 g/mol. The van der Waals surface area contributed by atoms with E-state index in [-0.39, 0.29) is 0 Å². The number of hydrogen-bond donors (Lipinski definition) is 0. The third-order valence-electron chi connectivity index (χ3n) is 8.42. The van der Waals surface area contributed by atoms with Gasteiger partial charge in [-0.3, -0.25) is 0 Å². The van der Waals surface area contributed by atoms with E-state index in [1.807, 2.05) is 0 Å². The van der Waals surface area contributed by atoms with E-state index in [2.05, 4.69) is 78.4 Å². The first kappa shape index (κ1) is 33.6. The minimum Gasteiger partial charge on any atom is -0.541 e. The molecule has 0 N–H and O–H groups in total. The molecule has 1 aromatic rings. The van der Waals surface area contributed by atoms with Crippen LogP contribution in [0.2, 0.25) is 36.3 Å². The van der Waals surface area contributed by atoms with E-state index in [0.717, 1.165) is 54.2 Å². The van der Waals surface area contributed by atoms with Crippen LogP contribution in [0.1, 0.15) is 112 Å². The average molecular weight is 553 g/mol. The van der Waals surface area contributed by atoms with Crippen molar-refractivity contribution < 1.29 is 8.85 Å². The SMILES string of the molecule is CCCCCCCCCCSCCCc1ccc(O[Si](CC)(CC)CC)c(O[Si](CC)(CC)CC)c1. The van der Waals surface area contributed by atoms with Crippen molar-refractivity contribution in [3.8, 4) is 11.5 Å². The second-order valence-corrected chi connectivity index (χ2v) is 21.3. The van der Waals surface area contributed by atoms with E-state index in [0.29, 0.717) is 0 Å². The van der Waals surface area contributed by atoms with E-state index in [4.69, 9.17) is 8.85 Å². The molecule has 0 unspecified atom stereocenters. The maximum absolute atomic E-state index is 6.94. The van der Waals surface area contributed by atoms with Crippen LogP contribution in [0.3, 0.4) is 0 Å². The fraction of sp³-hybridized carbons (Fsp3) is 0.806. The average Bonchev–Trinajstić information content (AvgIpc) is 2.92. The van der Waals surface area contributed by atoms with E-state index < -0.39 is 16.6 Å². The van der Waals surface area contributed by atoms with Crippen LogP contribution in [0.25, 0.3) is 0 Å². The van der Waals surface area contributed by atoms with Crippen molar-refractivity contribution in [2.24, 2.45) is 0 Å². The van der Waals surface area contributed by atoms with Crippen molar-refractivity contribution in [3.63, 3.8) is 0 Å². The third kappa shape index (κ3) is 12.0. The Bertz CT molecular complexity index is 658. The van der Waals surface area contributed by atoms with Gasteiger partial charge in [0.1, 0.15) is 11.5 Å². The molecule has 0 aliphatic rings. The van der Waals surface area contributed by atoms with Crippen molar-refractivity contribution in [2.45, 2.75) is 149 Å². The molecule has 0 amide bonds. The lowest BCUT2D eigenvalue weighted by Gasteiger charge is -2.34. The lowest BCUT2D eigenvalue weighted by Crippen LogP contribution is -2.41. The Labute approximate surface area is 232 Å². The van der Waals surface area contributed by atoms with Crippen LogP contribution in [-0.2, 0) is 6.42 Å². The number of rotatable bonds is 23. The van der Waals surface area contributed by atoms with Crippen molar-refractivity contribution in [3.05, 3.63) is 23.8 Å². The topological polar surface area (TPSA) is 18.5 Å². The molecule has 0 aliphatic carbocycles. The van der Waals surface area contributed by atoms with E-state index in [1.54, 1.807) is 0 Å². The van der Waals surface area contributed by atoms with Crippen LogP contribution in [-0.4, -0.2) is 28.1 Å². The Morgan fingerprint density at radius 3 is 1.56 bits per heavy atom. The van der Waals surface area contributed by atoms with Gasteiger partial charge < -0.3 is 8.85 Å². The summed E-state index contributed by atoms with van der Waals surface area (Å²) in [4.78, 5) is 0. The van der Waals surface area contributed by atoms with E-state index >= 15 is 0 Å². The number of hydrogen-bond acceptors (Lipinski definition) is 3. The molecule has 1 rings (SSSR count). The van der Waals surface area contributed by atoms with Gasteiger partial charge in [0, 0.05) is 0 Å². The quantitative estimate of drug-likeness (QED) is 0.0993. The number of aryl methyl sites for hydroxylation is 1. The molecule has 0 saturated heterocycles. The Morgan fingerprint density at radius 1 is 0.556 bits per heavy atom. The summed E-state index contributed by atoms with van der Waals surface area (Å²) in [7, 11) is -3.50. The lowest BCUT2D eigenvalue weighted by atomic mass is 10.1. The van der Waals surface area contributed by atoms with Crippen molar-refractivity contribution >= 4 is 28.4 Å². The van der Waals surface area contributed by atoms with Gasteiger partial charge in [-0.1, -0.05) is 99.5 Å². The standard InChI is InChI=1S/C31H60O2SSi2/c1-8-15-16-17-18-19-20-21-26-34-27-22-23-29-24-25-30(32-35(9-2,10-3)11-4)31(28-29)33-36(12-5,13-6)14-7/h24-25,28H,8-23,26-27H2,1-7H3. The van der Waals surface area contributed by atoms with Gasteiger partial charge in [0.15, 0.2) is 0 Å². The summed E-state index contributed by atoms with van der Waals surface area (Å²) in [6, 6.07) is 13.9. The van der Waals surface area contributed by atoms with Gasteiger partial charge >= 0.3 is 0 Å². The second-order valence-electron chi connectivity index (χ2n) is 10.7. The van der Waals surface area contributed by atoms with Gasteiger partial charge in [-0.2, -0.15) is 11.8 Å². The van der Waals surface area contributed by atoms with Crippen LogP contribution in [0, 0.1) is 0 Å². The van der Waals surface area contributed by atoms with Crippen LogP contribution in [0.5, 0.6) is 11.5 Å². The fourth-order valence-corrected chi connectivity index (χ4v) is 11.2. The minimum atomic E-state index is -1.76. The Kier molecular flexibility index (Phi) is 18.3. The van der Waals surface area contributed by atoms with E-state index in [1.165, 1.54) is 74.9 Å². The molecule has 0 spiro atoms. The first-order valence-corrected chi connectivity index (χ1v) is 21.8. The summed E-state index contributed by atoms with van der Waals surface area (Å²) >= 11 is 2.15. The summed E-state index contributed by atoms with van der Waals surface area (Å²) in [5.41, 5.74) is 1.41. The predicted molar refractivity (Wildman–Crippen MR) is 170 cm³/mol. The van der Waals surface area contributed by atoms with Gasteiger partial charge in [0.25, 0.3) is 16.6 Å². The predicted octanol–water partition coefficient (Wildman–Crippen LogP) is 11.3. The first-order chi connectivity index (χ1) is 17.5. The third-order valence-corrected chi connectivity index (χ3v) is 18.6. The van der Waals surface area contributed by atoms with Gasteiger partial charge in [-0.05, 0) is 84.7 Å². The molecule has 210 valence electrons. The van der Waals surface area contributed by atoms with Crippen molar-refractivity contribution in [1.82, 2.24) is 0 Å². The van der Waals surface area contributed by atoms with Crippen molar-refractivity contribution in [2.75, 3.05) is 11.5 Å². The zero-order valence-electron chi connectivity index (χ0n) is 25.2. The Balaban J connectivity index is 2.66. The summed E-state index contributed by atoms with van der Waals surface area (Å²) in [5.74, 6) is 4.65. The van der Waals surface area contributed by atoms with Gasteiger partial charge in [0.2, 0.25) is 0 Å². The normalized spacial score (nSPS) is 12.2. The fourth-order valence-electron chi connectivity index (χ4n) is 5.09. The molecule has 0 radical (unpaired) electrons. The highest BCUT2D eigenvalue weighted by molar-refractivity contribution is 7.99. The highest BCUT2D eigenvalue weighted by Gasteiger charge is 2.35. The molecule has 36 heavy (non-hydrogen) atoms. The number of benzene rings is 1.